The molecular weight excluding hydrogens is 280 g/mol. The van der Waals surface area contributed by atoms with E-state index in [9.17, 15) is 4.79 Å². The van der Waals surface area contributed by atoms with Crippen molar-refractivity contribution in [2.24, 2.45) is 10.2 Å². The van der Waals surface area contributed by atoms with Gasteiger partial charge in [0.05, 0.1) is 11.4 Å². The smallest absolute Gasteiger partial charge is 0.361 e. The van der Waals surface area contributed by atoms with Gasteiger partial charge in [-0.25, -0.2) is 4.79 Å². The van der Waals surface area contributed by atoms with Crippen molar-refractivity contribution in [3.8, 4) is 0 Å². The van der Waals surface area contributed by atoms with Crippen LogP contribution in [0.2, 0.25) is 0 Å². The molecule has 0 radical (unpaired) electrons. The molecule has 0 aliphatic carbocycles. The minimum absolute atomic E-state index is 0.105. The average Bonchev–Trinajstić information content (AvgIpc) is 2.93. The predicted octanol–water partition coefficient (Wildman–Crippen LogP) is 2.48. The van der Waals surface area contributed by atoms with Gasteiger partial charge in [-0.05, 0) is 24.3 Å². The van der Waals surface area contributed by atoms with Gasteiger partial charge >= 0.3 is 5.97 Å². The summed E-state index contributed by atoms with van der Waals surface area (Å²) in [4.78, 5) is 11.7. The quantitative estimate of drug-likeness (QED) is 0.671. The number of para-hydroxylation sites is 2. The highest BCUT2D eigenvalue weighted by Gasteiger charge is 2.29. The number of hydrogen-bond acceptors (Lipinski definition) is 6. The monoisotopic (exact) mass is 294 g/mol. The van der Waals surface area contributed by atoms with E-state index < -0.39 is 5.97 Å². The van der Waals surface area contributed by atoms with Gasteiger partial charge in [0.2, 0.25) is 0 Å². The lowest BCUT2D eigenvalue weighted by atomic mass is 10.3. The van der Waals surface area contributed by atoms with E-state index in [1.54, 1.807) is 0 Å². The number of nitrogens with one attached hydrogen (secondary N) is 2. The van der Waals surface area contributed by atoms with Crippen molar-refractivity contribution in [2.75, 3.05) is 17.5 Å². The van der Waals surface area contributed by atoms with Gasteiger partial charge in [-0.2, -0.15) is 10.2 Å². The Morgan fingerprint density at radius 3 is 1.95 bits per heavy atom. The number of anilines is 2. The van der Waals surface area contributed by atoms with E-state index in [1.807, 2.05) is 60.7 Å². The molecule has 0 bridgehead atoms. The zero-order valence-electron chi connectivity index (χ0n) is 11.7. The number of hydrazone groups is 2. The van der Waals surface area contributed by atoms with E-state index in [-0.39, 0.29) is 12.3 Å². The van der Waals surface area contributed by atoms with Gasteiger partial charge in [0.25, 0.3) is 0 Å². The molecule has 1 heterocycles. The first-order chi connectivity index (χ1) is 10.8. The fraction of sp³-hybridized carbons (Fsp3) is 0.0625. The Kier molecular flexibility index (Phi) is 4.10. The second-order valence-electron chi connectivity index (χ2n) is 4.55. The molecule has 6 nitrogen and oxygen atoms in total. The molecular formula is C16H14N4O2. The van der Waals surface area contributed by atoms with Crippen LogP contribution in [0.3, 0.4) is 0 Å². The van der Waals surface area contributed by atoms with Crippen LogP contribution in [0.15, 0.2) is 70.9 Å². The molecule has 0 unspecified atom stereocenters. The first-order valence-electron chi connectivity index (χ1n) is 6.77. The number of benzene rings is 2. The fourth-order valence-electron chi connectivity index (χ4n) is 1.86. The zero-order chi connectivity index (χ0) is 15.2. The average molecular weight is 294 g/mol. The van der Waals surface area contributed by atoms with E-state index in [0.717, 1.165) is 11.4 Å². The number of nitrogens with zero attached hydrogens (tertiary/aromatic N) is 2. The van der Waals surface area contributed by atoms with Crippen molar-refractivity contribution in [3.05, 3.63) is 60.7 Å². The van der Waals surface area contributed by atoms with Crippen molar-refractivity contribution >= 4 is 28.8 Å². The molecule has 1 saturated heterocycles. The van der Waals surface area contributed by atoms with Crippen LogP contribution in [0.5, 0.6) is 0 Å². The largest absolute Gasteiger partial charge is 0.454 e. The predicted molar refractivity (Wildman–Crippen MR) is 86.0 cm³/mol. The molecule has 22 heavy (non-hydrogen) atoms. The zero-order valence-corrected chi connectivity index (χ0v) is 11.7. The lowest BCUT2D eigenvalue weighted by molar-refractivity contribution is -0.132. The van der Waals surface area contributed by atoms with E-state index in [4.69, 9.17) is 4.74 Å². The minimum atomic E-state index is -0.489. The van der Waals surface area contributed by atoms with Gasteiger partial charge in [0, 0.05) is 0 Å². The van der Waals surface area contributed by atoms with Gasteiger partial charge in [-0.1, -0.05) is 36.4 Å². The molecule has 110 valence electrons. The molecule has 1 fully saturated rings. The lowest BCUT2D eigenvalue weighted by Crippen LogP contribution is -2.18. The van der Waals surface area contributed by atoms with Gasteiger partial charge in [0.15, 0.2) is 5.71 Å². The van der Waals surface area contributed by atoms with Crippen LogP contribution in [-0.4, -0.2) is 24.0 Å². The topological polar surface area (TPSA) is 75.1 Å². The summed E-state index contributed by atoms with van der Waals surface area (Å²) in [6.07, 6.45) is 0. The molecule has 0 atom stereocenters. The molecule has 6 heteroatoms. The molecule has 2 aromatic rings. The Morgan fingerprint density at radius 1 is 0.818 bits per heavy atom. The van der Waals surface area contributed by atoms with E-state index >= 15 is 0 Å². The molecule has 0 spiro atoms. The third kappa shape index (κ3) is 3.29. The standard InChI is InChI=1S/C16H14N4O2/c21-16-15(20-18-13-9-5-2-6-10-13)14(11-22-16)19-17-12-7-3-1-4-8-12/h1-10,17-18H,11H2/b19-14+,20-15+. The number of hydrogen-bond donors (Lipinski definition) is 2. The molecule has 2 aromatic carbocycles. The summed E-state index contributed by atoms with van der Waals surface area (Å²) in [6, 6.07) is 18.8. The van der Waals surface area contributed by atoms with Crippen LogP contribution in [0.1, 0.15) is 0 Å². The number of carbonyl (C=O) groups excluding carboxylic acids is 1. The second-order valence-corrected chi connectivity index (χ2v) is 4.55. The summed E-state index contributed by atoms with van der Waals surface area (Å²) in [5.41, 5.74) is 7.94. The number of carbonyl (C=O) groups is 1. The Labute approximate surface area is 127 Å². The van der Waals surface area contributed by atoms with Crippen molar-refractivity contribution in [1.29, 1.82) is 0 Å². The summed E-state index contributed by atoms with van der Waals surface area (Å²) in [6.45, 7) is 0.105. The Hall–Kier alpha value is -3.15. The summed E-state index contributed by atoms with van der Waals surface area (Å²) in [5, 5.41) is 8.28. The van der Waals surface area contributed by atoms with E-state index in [0.29, 0.717) is 5.71 Å². The van der Waals surface area contributed by atoms with Crippen molar-refractivity contribution in [3.63, 3.8) is 0 Å². The van der Waals surface area contributed by atoms with Gasteiger partial charge in [-0.15, -0.1) is 0 Å². The second kappa shape index (κ2) is 6.53. The highest BCUT2D eigenvalue weighted by atomic mass is 16.5. The molecule has 1 aliphatic heterocycles. The minimum Gasteiger partial charge on any atom is -0.454 e. The van der Waals surface area contributed by atoms with Crippen LogP contribution in [0, 0.1) is 0 Å². The van der Waals surface area contributed by atoms with E-state index in [1.165, 1.54) is 0 Å². The summed E-state index contributed by atoms with van der Waals surface area (Å²) in [7, 11) is 0. The van der Waals surface area contributed by atoms with Crippen LogP contribution in [0.4, 0.5) is 11.4 Å². The van der Waals surface area contributed by atoms with Gasteiger partial charge in [-0.3, -0.25) is 10.9 Å². The number of ether oxygens (including phenoxy) is 1. The van der Waals surface area contributed by atoms with Gasteiger partial charge < -0.3 is 4.74 Å². The van der Waals surface area contributed by atoms with Crippen LogP contribution in [-0.2, 0) is 9.53 Å². The Balaban J connectivity index is 1.74. The molecule has 0 saturated carbocycles. The SMILES string of the molecule is O=C1OCC(=N\Nc2ccccc2)/C1=N\Nc1ccccc1. The van der Waals surface area contributed by atoms with E-state index in [2.05, 4.69) is 21.1 Å². The number of esters is 1. The first-order valence-corrected chi connectivity index (χ1v) is 6.77. The Morgan fingerprint density at radius 2 is 1.36 bits per heavy atom. The summed E-state index contributed by atoms with van der Waals surface area (Å²) < 4.78 is 4.97. The molecule has 2 N–H and O–H groups in total. The normalized spacial score (nSPS) is 17.5. The highest BCUT2D eigenvalue weighted by molar-refractivity contribution is 6.68. The van der Waals surface area contributed by atoms with Crippen molar-refractivity contribution in [2.45, 2.75) is 0 Å². The highest BCUT2D eigenvalue weighted by Crippen LogP contribution is 2.09. The third-order valence-corrected chi connectivity index (χ3v) is 2.97. The Bertz CT molecular complexity index is 711. The molecule has 0 amide bonds. The summed E-state index contributed by atoms with van der Waals surface area (Å²) >= 11 is 0. The maximum absolute atomic E-state index is 11.7. The van der Waals surface area contributed by atoms with Crippen LogP contribution >= 0.6 is 0 Å². The van der Waals surface area contributed by atoms with Crippen molar-refractivity contribution in [1.82, 2.24) is 0 Å². The van der Waals surface area contributed by atoms with Gasteiger partial charge in [0.1, 0.15) is 12.3 Å². The maximum Gasteiger partial charge on any atom is 0.361 e. The number of cyclic esters (lactones) is 1. The van der Waals surface area contributed by atoms with Crippen molar-refractivity contribution < 1.29 is 9.53 Å². The molecule has 0 aromatic heterocycles. The van der Waals surface area contributed by atoms with Crippen LogP contribution in [0.25, 0.3) is 0 Å². The maximum atomic E-state index is 11.7. The number of rotatable bonds is 4. The molecule has 3 rings (SSSR count). The fourth-order valence-corrected chi connectivity index (χ4v) is 1.86. The lowest BCUT2D eigenvalue weighted by Gasteiger charge is -2.02. The first kappa shape index (κ1) is 13.8. The summed E-state index contributed by atoms with van der Waals surface area (Å²) in [5.74, 6) is -0.489. The van der Waals surface area contributed by atoms with Crippen LogP contribution < -0.4 is 10.9 Å². The molecule has 1 aliphatic rings. The third-order valence-electron chi connectivity index (χ3n) is 2.97.